The number of aliphatic hydroxyl groups is 1. The fourth-order valence-corrected chi connectivity index (χ4v) is 0.876. The van der Waals surface area contributed by atoms with Gasteiger partial charge in [-0.1, -0.05) is 44.8 Å². The fraction of sp³-hybridized carbons (Fsp3) is 0.636. The number of rotatable bonds is 5. The summed E-state index contributed by atoms with van der Waals surface area (Å²) < 4.78 is 0. The van der Waals surface area contributed by atoms with Crippen LogP contribution in [0.4, 0.5) is 0 Å². The smallest absolute Gasteiger partial charge is 0.133 e. The van der Waals surface area contributed by atoms with Crippen LogP contribution in [-0.2, 0) is 0 Å². The topological polar surface area (TPSA) is 20.2 Å². The predicted octanol–water partition coefficient (Wildman–Crippen LogP) is 2.51. The Morgan fingerprint density at radius 3 is 2.75 bits per heavy atom. The standard InChI is InChI=1S/C11H18O/c1-3-5-6-7-8-9-10-11(12)4-2/h4,11-12H,2-3,5-8H2,1H3. The highest BCUT2D eigenvalue weighted by Gasteiger charge is 1.87. The van der Waals surface area contributed by atoms with E-state index in [-0.39, 0.29) is 0 Å². The van der Waals surface area contributed by atoms with Gasteiger partial charge in [-0.05, 0) is 6.42 Å². The van der Waals surface area contributed by atoms with Crippen LogP contribution in [0.15, 0.2) is 12.7 Å². The maximum absolute atomic E-state index is 8.97. The fourth-order valence-electron chi connectivity index (χ4n) is 0.876. The Kier molecular flexibility index (Phi) is 7.84. The average molecular weight is 166 g/mol. The lowest BCUT2D eigenvalue weighted by atomic mass is 10.1. The summed E-state index contributed by atoms with van der Waals surface area (Å²) in [5, 5.41) is 8.97. The second kappa shape index (κ2) is 8.36. The van der Waals surface area contributed by atoms with Gasteiger partial charge in [0.15, 0.2) is 0 Å². The van der Waals surface area contributed by atoms with Crippen LogP contribution in [0.1, 0.15) is 39.0 Å². The van der Waals surface area contributed by atoms with Crippen LogP contribution in [0.3, 0.4) is 0 Å². The Morgan fingerprint density at radius 2 is 2.17 bits per heavy atom. The molecule has 0 amide bonds. The van der Waals surface area contributed by atoms with E-state index in [1.807, 2.05) is 0 Å². The zero-order valence-electron chi connectivity index (χ0n) is 7.84. The van der Waals surface area contributed by atoms with Crippen molar-refractivity contribution >= 4 is 0 Å². The Hall–Kier alpha value is -0.740. The largest absolute Gasteiger partial charge is 0.377 e. The summed E-state index contributed by atoms with van der Waals surface area (Å²) in [7, 11) is 0. The van der Waals surface area contributed by atoms with Crippen LogP contribution in [0.5, 0.6) is 0 Å². The molecule has 0 aromatic heterocycles. The van der Waals surface area contributed by atoms with Gasteiger partial charge >= 0.3 is 0 Å². The first kappa shape index (κ1) is 11.3. The van der Waals surface area contributed by atoms with Gasteiger partial charge < -0.3 is 5.11 Å². The van der Waals surface area contributed by atoms with Crippen molar-refractivity contribution in [1.82, 2.24) is 0 Å². The minimum atomic E-state index is -0.642. The van der Waals surface area contributed by atoms with Crippen LogP contribution in [0, 0.1) is 11.8 Å². The molecular formula is C11H18O. The zero-order chi connectivity index (χ0) is 9.23. The van der Waals surface area contributed by atoms with Crippen molar-refractivity contribution in [1.29, 1.82) is 0 Å². The molecule has 0 aliphatic carbocycles. The number of unbranched alkanes of at least 4 members (excludes halogenated alkanes) is 4. The predicted molar refractivity (Wildman–Crippen MR) is 52.7 cm³/mol. The van der Waals surface area contributed by atoms with Crippen LogP contribution in [0.25, 0.3) is 0 Å². The summed E-state index contributed by atoms with van der Waals surface area (Å²) in [6.07, 6.45) is 6.62. The molecule has 1 atom stereocenters. The lowest BCUT2D eigenvalue weighted by molar-refractivity contribution is 0.281. The van der Waals surface area contributed by atoms with Gasteiger partial charge in [0.2, 0.25) is 0 Å². The highest BCUT2D eigenvalue weighted by molar-refractivity contribution is 5.10. The number of hydrogen-bond donors (Lipinski definition) is 1. The summed E-state index contributed by atoms with van der Waals surface area (Å²) in [5.41, 5.74) is 0. The number of hydrogen-bond acceptors (Lipinski definition) is 1. The van der Waals surface area contributed by atoms with Crippen molar-refractivity contribution in [2.75, 3.05) is 0 Å². The first-order valence-electron chi connectivity index (χ1n) is 4.60. The van der Waals surface area contributed by atoms with Crippen molar-refractivity contribution in [2.45, 2.75) is 45.1 Å². The Bertz CT molecular complexity index is 162. The normalized spacial score (nSPS) is 11.5. The molecule has 0 bridgehead atoms. The minimum absolute atomic E-state index is 0.642. The van der Waals surface area contributed by atoms with Gasteiger partial charge in [0, 0.05) is 6.42 Å². The van der Waals surface area contributed by atoms with E-state index >= 15 is 0 Å². The van der Waals surface area contributed by atoms with Gasteiger partial charge in [-0.3, -0.25) is 0 Å². The molecule has 0 aliphatic rings. The third-order valence-electron chi connectivity index (χ3n) is 1.63. The molecule has 0 saturated carbocycles. The van der Waals surface area contributed by atoms with Crippen molar-refractivity contribution in [3.05, 3.63) is 12.7 Å². The third kappa shape index (κ3) is 7.37. The molecule has 1 heteroatoms. The monoisotopic (exact) mass is 166 g/mol. The SMILES string of the molecule is C=CC(O)C#CCCCCCC. The molecule has 0 rings (SSSR count). The Labute approximate surface area is 75.5 Å². The summed E-state index contributed by atoms with van der Waals surface area (Å²) in [4.78, 5) is 0. The van der Waals surface area contributed by atoms with Gasteiger partial charge in [-0.25, -0.2) is 0 Å². The molecule has 0 fully saturated rings. The molecule has 0 aromatic carbocycles. The van der Waals surface area contributed by atoms with Crippen LogP contribution in [-0.4, -0.2) is 11.2 Å². The highest BCUT2D eigenvalue weighted by Crippen LogP contribution is 2.00. The van der Waals surface area contributed by atoms with E-state index in [9.17, 15) is 0 Å². The van der Waals surface area contributed by atoms with E-state index in [4.69, 9.17) is 5.11 Å². The highest BCUT2D eigenvalue weighted by atomic mass is 16.3. The van der Waals surface area contributed by atoms with E-state index in [2.05, 4.69) is 25.3 Å². The van der Waals surface area contributed by atoms with Gasteiger partial charge in [-0.15, -0.1) is 5.92 Å². The van der Waals surface area contributed by atoms with Crippen LogP contribution in [0.2, 0.25) is 0 Å². The maximum Gasteiger partial charge on any atom is 0.133 e. The zero-order valence-corrected chi connectivity index (χ0v) is 7.84. The number of aliphatic hydroxyl groups excluding tert-OH is 1. The van der Waals surface area contributed by atoms with E-state index in [0.717, 1.165) is 12.8 Å². The molecule has 0 aromatic rings. The van der Waals surface area contributed by atoms with E-state index < -0.39 is 6.10 Å². The molecule has 68 valence electrons. The summed E-state index contributed by atoms with van der Waals surface area (Å²) in [5.74, 6) is 5.62. The van der Waals surface area contributed by atoms with E-state index in [1.54, 1.807) is 0 Å². The summed E-state index contributed by atoms with van der Waals surface area (Å²) in [6.45, 7) is 5.62. The molecule has 12 heavy (non-hydrogen) atoms. The van der Waals surface area contributed by atoms with Crippen molar-refractivity contribution in [3.63, 3.8) is 0 Å². The average Bonchev–Trinajstić information content (AvgIpc) is 2.10. The van der Waals surface area contributed by atoms with Gasteiger partial charge in [0.05, 0.1) is 0 Å². The summed E-state index contributed by atoms with van der Waals surface area (Å²) in [6, 6.07) is 0. The quantitative estimate of drug-likeness (QED) is 0.378. The maximum atomic E-state index is 8.97. The van der Waals surface area contributed by atoms with Crippen molar-refractivity contribution in [3.8, 4) is 11.8 Å². The molecule has 0 spiro atoms. The van der Waals surface area contributed by atoms with Gasteiger partial charge in [-0.2, -0.15) is 0 Å². The van der Waals surface area contributed by atoms with Crippen molar-refractivity contribution in [2.24, 2.45) is 0 Å². The minimum Gasteiger partial charge on any atom is -0.377 e. The van der Waals surface area contributed by atoms with Gasteiger partial charge in [0.25, 0.3) is 0 Å². The molecule has 0 heterocycles. The lowest BCUT2D eigenvalue weighted by Gasteiger charge is -1.93. The molecule has 1 unspecified atom stereocenters. The first-order chi connectivity index (χ1) is 5.81. The second-order valence-corrected chi connectivity index (χ2v) is 2.81. The van der Waals surface area contributed by atoms with Crippen LogP contribution < -0.4 is 0 Å². The summed E-state index contributed by atoms with van der Waals surface area (Å²) >= 11 is 0. The lowest BCUT2D eigenvalue weighted by Crippen LogP contribution is -1.94. The molecule has 0 radical (unpaired) electrons. The van der Waals surface area contributed by atoms with E-state index in [1.165, 1.54) is 25.3 Å². The second-order valence-electron chi connectivity index (χ2n) is 2.81. The van der Waals surface area contributed by atoms with Crippen molar-refractivity contribution < 1.29 is 5.11 Å². The molecule has 0 aliphatic heterocycles. The molecule has 0 saturated heterocycles. The third-order valence-corrected chi connectivity index (χ3v) is 1.63. The van der Waals surface area contributed by atoms with Gasteiger partial charge in [0.1, 0.15) is 6.10 Å². The molecule has 1 nitrogen and oxygen atoms in total. The first-order valence-corrected chi connectivity index (χ1v) is 4.60. The Balaban J connectivity index is 3.26. The molecule has 1 N–H and O–H groups in total. The Morgan fingerprint density at radius 1 is 1.42 bits per heavy atom. The molecular weight excluding hydrogens is 148 g/mol. The van der Waals surface area contributed by atoms with Crippen LogP contribution >= 0.6 is 0 Å². The van der Waals surface area contributed by atoms with E-state index in [0.29, 0.717) is 0 Å².